The van der Waals surface area contributed by atoms with Crippen LogP contribution in [0, 0.1) is 0 Å². The van der Waals surface area contributed by atoms with Gasteiger partial charge >= 0.3 is 0 Å². The summed E-state index contributed by atoms with van der Waals surface area (Å²) in [6, 6.07) is -0.346. The maximum atomic E-state index is 11.1. The van der Waals surface area contributed by atoms with E-state index in [1.807, 2.05) is 0 Å². The molecule has 7 heteroatoms. The highest BCUT2D eigenvalue weighted by molar-refractivity contribution is 9.10. The Labute approximate surface area is 103 Å². The molecule has 5 nitrogen and oxygen atoms in total. The van der Waals surface area contributed by atoms with Crippen molar-refractivity contribution in [3.05, 3.63) is 16.9 Å². The lowest BCUT2D eigenvalue weighted by Crippen LogP contribution is -2.35. The Morgan fingerprint density at radius 3 is 2.47 bits per heavy atom. The summed E-state index contributed by atoms with van der Waals surface area (Å²) in [5, 5.41) is 5.39. The molecule has 1 atom stereocenters. The van der Waals surface area contributed by atoms with Crippen molar-refractivity contribution in [3.63, 3.8) is 0 Å². The molecule has 2 N–H and O–H groups in total. The van der Waals surface area contributed by atoms with Crippen LogP contribution >= 0.6 is 28.3 Å². The largest absolute Gasteiger partial charge is 0.357 e. The molecule has 0 aromatic carbocycles. The van der Waals surface area contributed by atoms with Gasteiger partial charge in [-0.3, -0.25) is 4.79 Å². The summed E-state index contributed by atoms with van der Waals surface area (Å²) < 4.78 is 0.802. The molecule has 84 valence electrons. The van der Waals surface area contributed by atoms with Crippen molar-refractivity contribution in [2.45, 2.75) is 13.0 Å². The molecule has 0 unspecified atom stereocenters. The summed E-state index contributed by atoms with van der Waals surface area (Å²) in [4.78, 5) is 19.1. The number of nitrogens with one attached hydrogen (secondary N) is 2. The van der Waals surface area contributed by atoms with E-state index in [1.165, 1.54) is 0 Å². The van der Waals surface area contributed by atoms with E-state index >= 15 is 0 Å². The van der Waals surface area contributed by atoms with Crippen molar-refractivity contribution in [2.75, 3.05) is 12.4 Å². The van der Waals surface area contributed by atoms with Crippen LogP contribution in [0.15, 0.2) is 16.9 Å². The summed E-state index contributed by atoms with van der Waals surface area (Å²) in [6.07, 6.45) is 3.23. The highest BCUT2D eigenvalue weighted by Gasteiger charge is 2.10. The number of hydrogen-bond acceptors (Lipinski definition) is 4. The predicted octanol–water partition coefficient (Wildman–Crippen LogP) is 1.21. The first-order valence-electron chi connectivity index (χ1n) is 4.09. The van der Waals surface area contributed by atoms with E-state index in [2.05, 4.69) is 36.5 Å². The summed E-state index contributed by atoms with van der Waals surface area (Å²) >= 11 is 3.22. The maximum Gasteiger partial charge on any atom is 0.242 e. The number of amides is 1. The Bertz CT molecular complexity index is 319. The highest BCUT2D eigenvalue weighted by atomic mass is 79.9. The fourth-order valence-electron chi connectivity index (χ4n) is 0.863. The van der Waals surface area contributed by atoms with Gasteiger partial charge < -0.3 is 10.6 Å². The number of aromatic nitrogens is 2. The van der Waals surface area contributed by atoms with Gasteiger partial charge in [0.05, 0.1) is 4.47 Å². The third-order valence-corrected chi connectivity index (χ3v) is 2.02. The average molecular weight is 296 g/mol. The zero-order chi connectivity index (χ0) is 10.6. The zero-order valence-electron chi connectivity index (χ0n) is 8.32. The minimum absolute atomic E-state index is 0. The lowest BCUT2D eigenvalue weighted by molar-refractivity contribution is -0.121. The Morgan fingerprint density at radius 1 is 1.47 bits per heavy atom. The van der Waals surface area contributed by atoms with Gasteiger partial charge in [-0.2, -0.15) is 0 Å². The highest BCUT2D eigenvalue weighted by Crippen LogP contribution is 2.07. The minimum atomic E-state index is -0.346. The Hall–Kier alpha value is -0.880. The second-order valence-corrected chi connectivity index (χ2v) is 3.62. The van der Waals surface area contributed by atoms with Crippen molar-refractivity contribution in [2.24, 2.45) is 0 Å². The van der Waals surface area contributed by atoms with Gasteiger partial charge in [0.1, 0.15) is 6.04 Å². The van der Waals surface area contributed by atoms with E-state index in [1.54, 1.807) is 26.4 Å². The lowest BCUT2D eigenvalue weighted by Gasteiger charge is -2.11. The van der Waals surface area contributed by atoms with Crippen LogP contribution in [-0.4, -0.2) is 29.0 Å². The first kappa shape index (κ1) is 14.1. The third kappa shape index (κ3) is 4.44. The molecule has 0 fully saturated rings. The molecule has 0 saturated heterocycles. The van der Waals surface area contributed by atoms with E-state index in [0.717, 1.165) is 4.47 Å². The zero-order valence-corrected chi connectivity index (χ0v) is 10.7. The van der Waals surface area contributed by atoms with Gasteiger partial charge in [0.2, 0.25) is 11.9 Å². The van der Waals surface area contributed by atoms with Gasteiger partial charge in [-0.25, -0.2) is 9.97 Å². The molecule has 0 aliphatic carbocycles. The maximum absolute atomic E-state index is 11.1. The number of rotatable bonds is 3. The number of anilines is 1. The van der Waals surface area contributed by atoms with E-state index < -0.39 is 0 Å². The fraction of sp³-hybridized carbons (Fsp3) is 0.375. The van der Waals surface area contributed by atoms with Crippen molar-refractivity contribution in [1.29, 1.82) is 0 Å². The molecular weight excluding hydrogens is 283 g/mol. The molecule has 1 aromatic rings. The van der Waals surface area contributed by atoms with Crippen LogP contribution in [0.3, 0.4) is 0 Å². The van der Waals surface area contributed by atoms with E-state index in [4.69, 9.17) is 0 Å². The Kier molecular flexibility index (Phi) is 6.19. The molecule has 0 aliphatic rings. The van der Waals surface area contributed by atoms with Crippen LogP contribution in [-0.2, 0) is 4.79 Å². The van der Waals surface area contributed by atoms with Crippen LogP contribution in [0.1, 0.15) is 6.92 Å². The number of nitrogens with zero attached hydrogens (tertiary/aromatic N) is 2. The number of likely N-dealkylation sites (N-methyl/N-ethyl adjacent to an activating group) is 1. The second-order valence-electron chi connectivity index (χ2n) is 2.71. The van der Waals surface area contributed by atoms with Crippen LogP contribution in [0.25, 0.3) is 0 Å². The summed E-state index contributed by atoms with van der Waals surface area (Å²) in [5.74, 6) is 0.334. The Morgan fingerprint density at radius 2 is 2.00 bits per heavy atom. The monoisotopic (exact) mass is 294 g/mol. The van der Waals surface area contributed by atoms with Crippen LogP contribution in [0.5, 0.6) is 0 Å². The molecule has 15 heavy (non-hydrogen) atoms. The van der Waals surface area contributed by atoms with Crippen molar-refractivity contribution in [3.8, 4) is 0 Å². The van der Waals surface area contributed by atoms with Gasteiger partial charge in [-0.15, -0.1) is 12.4 Å². The summed E-state index contributed by atoms with van der Waals surface area (Å²) in [7, 11) is 1.59. The third-order valence-electron chi connectivity index (χ3n) is 1.61. The van der Waals surface area contributed by atoms with E-state index in [0.29, 0.717) is 5.95 Å². The van der Waals surface area contributed by atoms with Gasteiger partial charge in [-0.05, 0) is 22.9 Å². The molecule has 1 rings (SSSR count). The normalized spacial score (nSPS) is 11.1. The minimum Gasteiger partial charge on any atom is -0.357 e. The van der Waals surface area contributed by atoms with Crippen molar-refractivity contribution < 1.29 is 4.79 Å². The number of hydrogen-bond donors (Lipinski definition) is 2. The fourth-order valence-corrected chi connectivity index (χ4v) is 1.07. The van der Waals surface area contributed by atoms with Crippen LogP contribution in [0.4, 0.5) is 5.95 Å². The second kappa shape index (κ2) is 6.58. The first-order valence-corrected chi connectivity index (χ1v) is 4.88. The first-order chi connectivity index (χ1) is 6.63. The molecule has 0 radical (unpaired) electrons. The van der Waals surface area contributed by atoms with Gasteiger partial charge in [0, 0.05) is 19.4 Å². The molecule has 1 heterocycles. The number of carbonyl (C=O) groups is 1. The van der Waals surface area contributed by atoms with Gasteiger partial charge in [0.25, 0.3) is 0 Å². The van der Waals surface area contributed by atoms with Gasteiger partial charge in [-0.1, -0.05) is 0 Å². The number of carbonyl (C=O) groups excluding carboxylic acids is 1. The molecule has 0 spiro atoms. The lowest BCUT2D eigenvalue weighted by atomic mass is 10.3. The van der Waals surface area contributed by atoms with E-state index in [-0.39, 0.29) is 24.4 Å². The molecule has 0 saturated carbocycles. The SMILES string of the molecule is CNC(=O)[C@@H](C)Nc1ncc(Br)cn1.Cl. The smallest absolute Gasteiger partial charge is 0.242 e. The van der Waals surface area contributed by atoms with Crippen LogP contribution < -0.4 is 10.6 Å². The molecule has 0 bridgehead atoms. The Balaban J connectivity index is 0.00000196. The quantitative estimate of drug-likeness (QED) is 0.879. The average Bonchev–Trinajstić information content (AvgIpc) is 2.20. The van der Waals surface area contributed by atoms with Crippen molar-refractivity contribution >= 4 is 40.2 Å². The van der Waals surface area contributed by atoms with Crippen LogP contribution in [0.2, 0.25) is 0 Å². The van der Waals surface area contributed by atoms with E-state index in [9.17, 15) is 4.79 Å². The van der Waals surface area contributed by atoms with Crippen molar-refractivity contribution in [1.82, 2.24) is 15.3 Å². The summed E-state index contributed by atoms with van der Waals surface area (Å²) in [5.41, 5.74) is 0. The standard InChI is InChI=1S/C8H11BrN4O.ClH/c1-5(7(14)10-2)13-8-11-3-6(9)4-12-8;/h3-5H,1-2H3,(H,10,14)(H,11,12,13);1H/t5-;/m1./s1. The number of halogens is 2. The summed E-state index contributed by atoms with van der Waals surface area (Å²) in [6.45, 7) is 1.74. The molecule has 1 amide bonds. The molecule has 1 aromatic heterocycles. The molecular formula is C8H12BrClN4O. The topological polar surface area (TPSA) is 66.9 Å². The predicted molar refractivity (Wildman–Crippen MR) is 64.1 cm³/mol. The van der Waals surface area contributed by atoms with Gasteiger partial charge in [0.15, 0.2) is 0 Å². The molecule has 0 aliphatic heterocycles.